The summed E-state index contributed by atoms with van der Waals surface area (Å²) < 4.78 is 23.1. The first-order valence-corrected chi connectivity index (χ1v) is 11.1. The number of rotatable bonds is 7. The van der Waals surface area contributed by atoms with E-state index in [1.165, 1.54) is 19.9 Å². The Kier molecular flexibility index (Phi) is 6.82. The Bertz CT molecular complexity index is 858. The van der Waals surface area contributed by atoms with Crippen LogP contribution in [-0.4, -0.2) is 43.5 Å². The van der Waals surface area contributed by atoms with Crippen LogP contribution >= 0.6 is 0 Å². The van der Waals surface area contributed by atoms with E-state index in [1.807, 2.05) is 0 Å². The quantitative estimate of drug-likeness (QED) is 0.433. The van der Waals surface area contributed by atoms with E-state index in [4.69, 9.17) is 18.9 Å². The van der Waals surface area contributed by atoms with Crippen molar-refractivity contribution in [1.29, 1.82) is 0 Å². The topological polar surface area (TPSA) is 88.1 Å². The fourth-order valence-corrected chi connectivity index (χ4v) is 6.03. The third-order valence-corrected chi connectivity index (χ3v) is 7.82. The zero-order valence-electron chi connectivity index (χ0n) is 19.6. The normalized spacial score (nSPS) is 38.2. The van der Waals surface area contributed by atoms with E-state index < -0.39 is 29.9 Å². The van der Waals surface area contributed by atoms with E-state index in [2.05, 4.69) is 27.0 Å². The Morgan fingerprint density at radius 3 is 2.50 bits per heavy atom. The summed E-state index contributed by atoms with van der Waals surface area (Å²) in [4.78, 5) is 36.8. The number of esters is 2. The van der Waals surface area contributed by atoms with Gasteiger partial charge in [0.2, 0.25) is 12.6 Å². The molecule has 7 atom stereocenters. The van der Waals surface area contributed by atoms with Crippen molar-refractivity contribution in [2.45, 2.75) is 72.1 Å². The minimum absolute atomic E-state index is 0.0671. The Morgan fingerprint density at radius 1 is 1.28 bits per heavy atom. The smallest absolute Gasteiger partial charge is 0.305 e. The molecule has 7 nitrogen and oxygen atoms in total. The Morgan fingerprint density at radius 2 is 1.94 bits per heavy atom. The number of hydrogen-bond acceptors (Lipinski definition) is 7. The van der Waals surface area contributed by atoms with Gasteiger partial charge in [0.15, 0.2) is 5.78 Å². The summed E-state index contributed by atoms with van der Waals surface area (Å²) in [6.45, 7) is 14.8. The van der Waals surface area contributed by atoms with Gasteiger partial charge in [0.05, 0.1) is 11.5 Å². The van der Waals surface area contributed by atoms with E-state index in [0.717, 1.165) is 18.4 Å². The first kappa shape index (κ1) is 24.4. The second-order valence-electron chi connectivity index (χ2n) is 9.50. The molecule has 0 bridgehead atoms. The van der Waals surface area contributed by atoms with Crippen molar-refractivity contribution in [3.05, 3.63) is 36.5 Å². The van der Waals surface area contributed by atoms with Crippen molar-refractivity contribution in [2.24, 2.45) is 22.7 Å². The van der Waals surface area contributed by atoms with Gasteiger partial charge in [0.25, 0.3) is 0 Å². The number of methoxy groups -OCH3 is 1. The highest BCUT2D eigenvalue weighted by Crippen LogP contribution is 2.67. The molecule has 2 aliphatic carbocycles. The molecule has 3 rings (SSSR count). The molecule has 0 radical (unpaired) electrons. The Balaban J connectivity index is 2.19. The van der Waals surface area contributed by atoms with Crippen LogP contribution in [0.3, 0.4) is 0 Å². The summed E-state index contributed by atoms with van der Waals surface area (Å²) >= 11 is 0. The predicted molar refractivity (Wildman–Crippen MR) is 117 cm³/mol. The van der Waals surface area contributed by atoms with Crippen LogP contribution in [0.2, 0.25) is 0 Å². The second-order valence-corrected chi connectivity index (χ2v) is 9.50. The summed E-state index contributed by atoms with van der Waals surface area (Å²) in [6.07, 6.45) is 3.15. The number of ether oxygens (including phenoxy) is 4. The number of allylic oxidation sites excluding steroid dienone is 3. The van der Waals surface area contributed by atoms with Gasteiger partial charge in [-0.2, -0.15) is 0 Å². The van der Waals surface area contributed by atoms with Crippen molar-refractivity contribution < 1.29 is 33.3 Å². The number of carbonyl (C=O) groups excluding carboxylic acids is 3. The SMILES string of the molecule is C=CC(=C)CC[C@]1(C)[C@H](C)C[C@H](OC)[C@@]23C(=CC(=O)C[C@@H]12)[C@@H](OC(C)=O)O[C@H]3OC(C)=O. The lowest BCUT2D eigenvalue weighted by Gasteiger charge is -2.60. The molecule has 1 heterocycles. The number of hydrogen-bond donors (Lipinski definition) is 0. The zero-order chi connectivity index (χ0) is 23.8. The van der Waals surface area contributed by atoms with Crippen LogP contribution in [0.1, 0.15) is 53.4 Å². The molecule has 1 saturated heterocycles. The van der Waals surface area contributed by atoms with Gasteiger partial charge >= 0.3 is 11.9 Å². The number of carbonyl (C=O) groups is 3. The predicted octanol–water partition coefficient (Wildman–Crippen LogP) is 3.88. The van der Waals surface area contributed by atoms with Crippen LogP contribution in [0.4, 0.5) is 0 Å². The first-order valence-electron chi connectivity index (χ1n) is 11.1. The molecule has 2 fully saturated rings. The van der Waals surface area contributed by atoms with E-state index in [1.54, 1.807) is 13.2 Å². The highest BCUT2D eigenvalue weighted by Gasteiger charge is 2.71. The van der Waals surface area contributed by atoms with Crippen molar-refractivity contribution in [2.75, 3.05) is 7.11 Å². The van der Waals surface area contributed by atoms with E-state index in [9.17, 15) is 14.4 Å². The molecule has 176 valence electrons. The van der Waals surface area contributed by atoms with Crippen molar-refractivity contribution in [3.63, 3.8) is 0 Å². The summed E-state index contributed by atoms with van der Waals surface area (Å²) in [5.74, 6) is -1.18. The van der Waals surface area contributed by atoms with E-state index in [0.29, 0.717) is 12.0 Å². The average molecular weight is 447 g/mol. The lowest BCUT2D eigenvalue weighted by Crippen LogP contribution is -2.63. The lowest BCUT2D eigenvalue weighted by atomic mass is 9.45. The third kappa shape index (κ3) is 3.86. The van der Waals surface area contributed by atoms with E-state index in [-0.39, 0.29) is 35.6 Å². The summed E-state index contributed by atoms with van der Waals surface area (Å²) in [6, 6.07) is 0. The highest BCUT2D eigenvalue weighted by atomic mass is 16.8. The molecule has 1 saturated carbocycles. The Labute approximate surface area is 189 Å². The maximum absolute atomic E-state index is 12.9. The molecule has 0 N–H and O–H groups in total. The average Bonchev–Trinajstić information content (AvgIpc) is 3.00. The van der Waals surface area contributed by atoms with Crippen molar-refractivity contribution in [1.82, 2.24) is 0 Å². The van der Waals surface area contributed by atoms with Crippen LogP contribution in [0.15, 0.2) is 36.5 Å². The largest absolute Gasteiger partial charge is 0.435 e. The van der Waals surface area contributed by atoms with Crippen LogP contribution in [-0.2, 0) is 33.3 Å². The van der Waals surface area contributed by atoms with Gasteiger partial charge in [-0.15, -0.1) is 0 Å². The van der Waals surface area contributed by atoms with Gasteiger partial charge < -0.3 is 14.2 Å². The molecule has 0 aromatic rings. The van der Waals surface area contributed by atoms with Gasteiger partial charge in [-0.3, -0.25) is 19.1 Å². The molecule has 0 unspecified atom stereocenters. The zero-order valence-corrected chi connectivity index (χ0v) is 19.6. The molecule has 32 heavy (non-hydrogen) atoms. The fraction of sp³-hybridized carbons (Fsp3) is 0.640. The molecule has 0 aromatic carbocycles. The molecular weight excluding hydrogens is 412 g/mol. The second kappa shape index (κ2) is 8.94. The molecule has 1 aliphatic heterocycles. The van der Waals surface area contributed by atoms with Gasteiger partial charge in [-0.05, 0) is 42.6 Å². The van der Waals surface area contributed by atoms with Crippen LogP contribution in [0, 0.1) is 22.7 Å². The summed E-state index contributed by atoms with van der Waals surface area (Å²) in [5, 5.41) is 0. The minimum Gasteiger partial charge on any atom is -0.435 e. The third-order valence-electron chi connectivity index (χ3n) is 7.82. The fourth-order valence-electron chi connectivity index (χ4n) is 6.03. The molecule has 7 heteroatoms. The molecule has 1 spiro atoms. The van der Waals surface area contributed by atoms with E-state index >= 15 is 0 Å². The minimum atomic E-state index is -1.11. The highest BCUT2D eigenvalue weighted by molar-refractivity contribution is 5.92. The van der Waals surface area contributed by atoms with Gasteiger partial charge in [-0.25, -0.2) is 0 Å². The first-order chi connectivity index (χ1) is 15.0. The van der Waals surface area contributed by atoms with Crippen LogP contribution < -0.4 is 0 Å². The molecule has 0 aromatic heterocycles. The standard InChI is InChI=1S/C25H34O7/c1-8-14(2)9-10-24(6)15(3)11-21(29-7)25-19(12-18(28)13-20(24)25)22(30-16(4)26)32-23(25)31-17(5)27/h8,12,15,20-23H,1-2,9-11,13H2,3-7H3/t15-,20+,21+,22+,23-,24-,25-/m1/s1. The van der Waals surface area contributed by atoms with Gasteiger partial charge in [0, 0.05) is 33.0 Å². The van der Waals surface area contributed by atoms with Crippen LogP contribution in [0.25, 0.3) is 0 Å². The number of ketones is 1. The van der Waals surface area contributed by atoms with Gasteiger partial charge in [0.1, 0.15) is 0 Å². The lowest BCUT2D eigenvalue weighted by molar-refractivity contribution is -0.255. The maximum Gasteiger partial charge on any atom is 0.305 e. The van der Waals surface area contributed by atoms with Crippen molar-refractivity contribution in [3.8, 4) is 0 Å². The summed E-state index contributed by atoms with van der Waals surface area (Å²) in [5.41, 5.74) is 0.192. The van der Waals surface area contributed by atoms with Gasteiger partial charge in [-0.1, -0.05) is 38.7 Å². The monoisotopic (exact) mass is 446 g/mol. The molecule has 3 aliphatic rings. The molecule has 0 amide bonds. The van der Waals surface area contributed by atoms with Crippen LogP contribution in [0.5, 0.6) is 0 Å². The maximum atomic E-state index is 12.9. The Hall–Kier alpha value is -2.25. The summed E-state index contributed by atoms with van der Waals surface area (Å²) in [7, 11) is 1.61. The van der Waals surface area contributed by atoms with Crippen molar-refractivity contribution >= 4 is 17.7 Å². The molecular formula is C25H34O7.